The Hall–Kier alpha value is -2.07. The summed E-state index contributed by atoms with van der Waals surface area (Å²) in [5.41, 5.74) is 0.885. The Morgan fingerprint density at radius 3 is 2.79 bits per heavy atom. The molecule has 0 unspecified atom stereocenters. The first-order valence-electron chi connectivity index (χ1n) is 9.06. The van der Waals surface area contributed by atoms with Crippen molar-refractivity contribution in [3.63, 3.8) is 0 Å². The second-order valence-corrected chi connectivity index (χ2v) is 9.70. The minimum Gasteiger partial charge on any atom is -0.385 e. The van der Waals surface area contributed by atoms with Gasteiger partial charge in [0.25, 0.3) is 5.56 Å². The predicted octanol–water partition coefficient (Wildman–Crippen LogP) is 2.24. The molecule has 0 saturated carbocycles. The Morgan fingerprint density at radius 2 is 2.04 bits per heavy atom. The van der Waals surface area contributed by atoms with Gasteiger partial charge in [-0.05, 0) is 30.5 Å². The smallest absolute Gasteiger partial charge is 0.262 e. The zero-order chi connectivity index (χ0) is 19.7. The standard InChI is InChI=1S/C19H21N3O4S2/c1-26-11-5-9-21-13-20-18-17(19(21)23)15-8-10-22(12-16(15)27-18)28(24,25)14-6-3-2-4-7-14/h2-4,6-7,13H,5,8-12H2,1H3. The maximum absolute atomic E-state index is 12.9. The first-order valence-corrected chi connectivity index (χ1v) is 11.3. The van der Waals surface area contributed by atoms with Gasteiger partial charge >= 0.3 is 0 Å². The topological polar surface area (TPSA) is 81.5 Å². The van der Waals surface area contributed by atoms with Crippen LogP contribution in [0.3, 0.4) is 0 Å². The van der Waals surface area contributed by atoms with Crippen LogP contribution in [0.2, 0.25) is 0 Å². The third-order valence-electron chi connectivity index (χ3n) is 4.92. The third-order valence-corrected chi connectivity index (χ3v) is 7.91. The molecule has 28 heavy (non-hydrogen) atoms. The predicted molar refractivity (Wildman–Crippen MR) is 108 cm³/mol. The van der Waals surface area contributed by atoms with Crippen LogP contribution in [-0.2, 0) is 34.3 Å². The Labute approximate surface area is 167 Å². The summed E-state index contributed by atoms with van der Waals surface area (Å²) in [5.74, 6) is 0. The van der Waals surface area contributed by atoms with E-state index < -0.39 is 10.0 Å². The fourth-order valence-electron chi connectivity index (χ4n) is 3.48. The molecule has 0 radical (unpaired) electrons. The molecule has 0 amide bonds. The van der Waals surface area contributed by atoms with E-state index in [1.165, 1.54) is 15.6 Å². The van der Waals surface area contributed by atoms with Gasteiger partial charge in [-0.1, -0.05) is 18.2 Å². The molecule has 9 heteroatoms. The van der Waals surface area contributed by atoms with Crippen molar-refractivity contribution in [2.24, 2.45) is 0 Å². The second kappa shape index (κ2) is 7.75. The largest absolute Gasteiger partial charge is 0.385 e. The van der Waals surface area contributed by atoms with Crippen molar-refractivity contribution in [1.82, 2.24) is 13.9 Å². The Kier molecular flexibility index (Phi) is 5.33. The average Bonchev–Trinajstić information content (AvgIpc) is 3.09. The molecule has 0 atom stereocenters. The number of ether oxygens (including phenoxy) is 1. The maximum Gasteiger partial charge on any atom is 0.262 e. The number of sulfonamides is 1. The van der Waals surface area contributed by atoms with Gasteiger partial charge in [0, 0.05) is 38.2 Å². The quantitative estimate of drug-likeness (QED) is 0.573. The number of benzene rings is 1. The highest BCUT2D eigenvalue weighted by Gasteiger charge is 2.31. The van der Waals surface area contributed by atoms with E-state index in [1.807, 2.05) is 0 Å². The first-order chi connectivity index (χ1) is 13.5. The molecule has 3 aromatic rings. The highest BCUT2D eigenvalue weighted by Crippen LogP contribution is 2.34. The van der Waals surface area contributed by atoms with E-state index in [1.54, 1.807) is 48.3 Å². The zero-order valence-electron chi connectivity index (χ0n) is 15.5. The molecule has 1 aromatic carbocycles. The van der Waals surface area contributed by atoms with Gasteiger partial charge in [-0.3, -0.25) is 9.36 Å². The number of fused-ring (bicyclic) bond motifs is 3. The number of nitrogens with zero attached hydrogens (tertiary/aromatic N) is 3. The minimum atomic E-state index is -3.55. The first kappa shape index (κ1) is 19.3. The average molecular weight is 420 g/mol. The van der Waals surface area contributed by atoms with Crippen LogP contribution in [0, 0.1) is 0 Å². The summed E-state index contributed by atoms with van der Waals surface area (Å²) in [6.07, 6.45) is 2.82. The van der Waals surface area contributed by atoms with E-state index in [4.69, 9.17) is 4.74 Å². The van der Waals surface area contributed by atoms with Crippen LogP contribution in [0.1, 0.15) is 16.9 Å². The number of thiophene rings is 1. The highest BCUT2D eigenvalue weighted by molar-refractivity contribution is 7.89. The van der Waals surface area contributed by atoms with Crippen LogP contribution in [0.5, 0.6) is 0 Å². The fraction of sp³-hybridized carbons (Fsp3) is 0.368. The molecule has 1 aliphatic rings. The molecule has 3 heterocycles. The summed E-state index contributed by atoms with van der Waals surface area (Å²) in [4.78, 5) is 19.2. The van der Waals surface area contributed by atoms with Gasteiger partial charge in [-0.2, -0.15) is 4.31 Å². The van der Waals surface area contributed by atoms with Crippen molar-refractivity contribution in [3.05, 3.63) is 57.5 Å². The van der Waals surface area contributed by atoms with E-state index >= 15 is 0 Å². The molecule has 7 nitrogen and oxygen atoms in total. The fourth-order valence-corrected chi connectivity index (χ4v) is 6.19. The molecule has 4 rings (SSSR count). The van der Waals surface area contributed by atoms with E-state index in [9.17, 15) is 13.2 Å². The van der Waals surface area contributed by atoms with Crippen LogP contribution in [0.15, 0.2) is 46.3 Å². The van der Waals surface area contributed by atoms with Crippen molar-refractivity contribution in [3.8, 4) is 0 Å². The van der Waals surface area contributed by atoms with Gasteiger partial charge in [-0.15, -0.1) is 11.3 Å². The van der Waals surface area contributed by atoms with Gasteiger partial charge in [0.15, 0.2) is 0 Å². The molecule has 0 bridgehead atoms. The molecule has 0 N–H and O–H groups in total. The second-order valence-electron chi connectivity index (χ2n) is 6.68. The van der Waals surface area contributed by atoms with Gasteiger partial charge in [-0.25, -0.2) is 13.4 Å². The Bertz CT molecular complexity index is 1150. The van der Waals surface area contributed by atoms with Crippen LogP contribution < -0.4 is 5.56 Å². The summed E-state index contributed by atoms with van der Waals surface area (Å²) >= 11 is 1.41. The van der Waals surface area contributed by atoms with Crippen molar-refractivity contribution in [2.45, 2.75) is 30.8 Å². The number of aromatic nitrogens is 2. The molecule has 0 aliphatic carbocycles. The summed E-state index contributed by atoms with van der Waals surface area (Å²) in [5, 5.41) is 0.636. The van der Waals surface area contributed by atoms with Gasteiger partial charge < -0.3 is 4.74 Å². The van der Waals surface area contributed by atoms with Crippen LogP contribution in [0.25, 0.3) is 10.2 Å². The van der Waals surface area contributed by atoms with Crippen molar-refractivity contribution >= 4 is 31.6 Å². The van der Waals surface area contributed by atoms with E-state index in [0.717, 1.165) is 16.9 Å². The molecule has 0 saturated heterocycles. The number of aryl methyl sites for hydroxylation is 1. The minimum absolute atomic E-state index is 0.0574. The Morgan fingerprint density at radius 1 is 1.25 bits per heavy atom. The number of hydrogen-bond donors (Lipinski definition) is 0. The summed E-state index contributed by atoms with van der Waals surface area (Å²) in [6.45, 7) is 1.76. The summed E-state index contributed by atoms with van der Waals surface area (Å²) < 4.78 is 34.0. The molecule has 2 aromatic heterocycles. The van der Waals surface area contributed by atoms with Crippen molar-refractivity contribution < 1.29 is 13.2 Å². The van der Waals surface area contributed by atoms with Gasteiger partial charge in [0.2, 0.25) is 10.0 Å². The maximum atomic E-state index is 12.9. The van der Waals surface area contributed by atoms with E-state index in [-0.39, 0.29) is 17.0 Å². The molecular formula is C19H21N3O4S2. The van der Waals surface area contributed by atoms with E-state index in [0.29, 0.717) is 36.3 Å². The lowest BCUT2D eigenvalue weighted by atomic mass is 10.1. The SMILES string of the molecule is COCCCn1cnc2sc3c(c2c1=O)CCN(S(=O)(=O)c1ccccc1)C3. The van der Waals surface area contributed by atoms with Gasteiger partial charge in [0.05, 0.1) is 16.6 Å². The molecule has 1 aliphatic heterocycles. The van der Waals surface area contributed by atoms with Crippen LogP contribution in [0.4, 0.5) is 0 Å². The lowest BCUT2D eigenvalue weighted by molar-refractivity contribution is 0.190. The molecule has 0 spiro atoms. The molecule has 0 fully saturated rings. The Balaban J connectivity index is 1.67. The number of hydrogen-bond acceptors (Lipinski definition) is 6. The normalized spacial score (nSPS) is 15.0. The third kappa shape index (κ3) is 3.39. The molecule has 148 valence electrons. The van der Waals surface area contributed by atoms with Crippen molar-refractivity contribution in [2.75, 3.05) is 20.3 Å². The monoisotopic (exact) mass is 419 g/mol. The lowest BCUT2D eigenvalue weighted by Crippen LogP contribution is -2.35. The summed E-state index contributed by atoms with van der Waals surface area (Å²) in [6, 6.07) is 8.45. The highest BCUT2D eigenvalue weighted by atomic mass is 32.2. The van der Waals surface area contributed by atoms with Crippen molar-refractivity contribution in [1.29, 1.82) is 0 Å². The summed E-state index contributed by atoms with van der Waals surface area (Å²) in [7, 11) is -1.92. The van der Waals surface area contributed by atoms with Gasteiger partial charge in [0.1, 0.15) is 4.83 Å². The molecular weight excluding hydrogens is 398 g/mol. The zero-order valence-corrected chi connectivity index (χ0v) is 17.1. The van der Waals surface area contributed by atoms with Crippen LogP contribution >= 0.6 is 11.3 Å². The lowest BCUT2D eigenvalue weighted by Gasteiger charge is -2.26. The van der Waals surface area contributed by atoms with E-state index in [2.05, 4.69) is 4.98 Å². The number of rotatable bonds is 6. The number of methoxy groups -OCH3 is 1. The van der Waals surface area contributed by atoms with Crippen LogP contribution in [-0.4, -0.2) is 42.5 Å².